The zero-order valence-corrected chi connectivity index (χ0v) is 7.95. The van der Waals surface area contributed by atoms with Crippen LogP contribution in [0.15, 0.2) is 17.0 Å². The maximum Gasteiger partial charge on any atom is 0.149 e. The van der Waals surface area contributed by atoms with Crippen molar-refractivity contribution < 1.29 is 4.52 Å². The molecule has 2 heterocycles. The molecule has 0 bridgehead atoms. The monoisotopic (exact) mass is 189 g/mol. The highest BCUT2D eigenvalue weighted by molar-refractivity contribution is 5.64. The molecule has 1 fully saturated rings. The molecule has 3 rings (SSSR count). The van der Waals surface area contributed by atoms with Crippen LogP contribution in [-0.4, -0.2) is 15.1 Å². The zero-order valence-electron chi connectivity index (χ0n) is 7.95. The molecule has 0 atom stereocenters. The van der Waals surface area contributed by atoms with Crippen molar-refractivity contribution in [2.75, 3.05) is 0 Å². The van der Waals surface area contributed by atoms with E-state index in [1.165, 1.54) is 12.8 Å². The molecule has 1 aliphatic carbocycles. The Morgan fingerprint density at radius 3 is 3.00 bits per heavy atom. The Morgan fingerprint density at radius 2 is 2.36 bits per heavy atom. The second-order valence-electron chi connectivity index (χ2n) is 3.75. The highest BCUT2D eigenvalue weighted by atomic mass is 16.5. The molecule has 1 N–H and O–H groups in total. The van der Waals surface area contributed by atoms with Crippen molar-refractivity contribution in [3.63, 3.8) is 0 Å². The molecular weight excluding hydrogens is 178 g/mol. The van der Waals surface area contributed by atoms with Crippen LogP contribution in [0, 0.1) is 6.92 Å². The molecule has 1 aliphatic rings. The van der Waals surface area contributed by atoms with Gasteiger partial charge in [0.25, 0.3) is 0 Å². The first-order chi connectivity index (χ1) is 6.86. The van der Waals surface area contributed by atoms with E-state index in [4.69, 9.17) is 4.52 Å². The summed E-state index contributed by atoms with van der Waals surface area (Å²) < 4.78 is 5.35. The molecule has 0 aromatic carbocycles. The van der Waals surface area contributed by atoms with Crippen LogP contribution in [0.3, 0.4) is 0 Å². The van der Waals surface area contributed by atoms with Gasteiger partial charge in [-0.25, -0.2) is 4.98 Å². The summed E-state index contributed by atoms with van der Waals surface area (Å²) in [6.07, 6.45) is 5.93. The molecule has 0 saturated heterocycles. The Hall–Kier alpha value is -1.58. The van der Waals surface area contributed by atoms with Gasteiger partial charge in [0.2, 0.25) is 0 Å². The average molecular weight is 189 g/mol. The van der Waals surface area contributed by atoms with E-state index in [1.807, 2.05) is 13.1 Å². The van der Waals surface area contributed by atoms with E-state index >= 15 is 0 Å². The summed E-state index contributed by atoms with van der Waals surface area (Å²) in [6.45, 7) is 1.96. The van der Waals surface area contributed by atoms with Crippen molar-refractivity contribution in [2.24, 2.45) is 0 Å². The van der Waals surface area contributed by atoms with Crippen molar-refractivity contribution >= 4 is 0 Å². The maximum atomic E-state index is 5.35. The first-order valence-electron chi connectivity index (χ1n) is 4.81. The fourth-order valence-corrected chi connectivity index (χ4v) is 1.73. The molecule has 72 valence electrons. The Morgan fingerprint density at radius 1 is 1.50 bits per heavy atom. The van der Waals surface area contributed by atoms with Crippen molar-refractivity contribution in [1.82, 2.24) is 15.1 Å². The third-order valence-electron chi connectivity index (χ3n) is 2.60. The Kier molecular flexibility index (Phi) is 1.50. The van der Waals surface area contributed by atoms with Gasteiger partial charge >= 0.3 is 0 Å². The number of nitrogens with one attached hydrogen (secondary N) is 1. The van der Waals surface area contributed by atoms with Crippen molar-refractivity contribution in [2.45, 2.75) is 25.7 Å². The van der Waals surface area contributed by atoms with Gasteiger partial charge in [-0.05, 0) is 19.8 Å². The first kappa shape index (κ1) is 7.79. The zero-order chi connectivity index (χ0) is 9.54. The first-order valence-corrected chi connectivity index (χ1v) is 4.81. The number of rotatable bonds is 2. The lowest BCUT2D eigenvalue weighted by Gasteiger charge is -1.96. The molecule has 2 aromatic heterocycles. The number of H-pyrrole nitrogens is 1. The van der Waals surface area contributed by atoms with Crippen molar-refractivity contribution in [3.8, 4) is 11.3 Å². The van der Waals surface area contributed by atoms with Crippen LogP contribution in [0.2, 0.25) is 0 Å². The van der Waals surface area contributed by atoms with E-state index in [-0.39, 0.29) is 0 Å². The molecule has 0 radical (unpaired) electrons. The lowest BCUT2D eigenvalue weighted by Crippen LogP contribution is -1.83. The molecule has 4 heteroatoms. The average Bonchev–Trinajstić information content (AvgIpc) is 2.75. The quantitative estimate of drug-likeness (QED) is 0.788. The van der Waals surface area contributed by atoms with Crippen LogP contribution in [0.1, 0.15) is 30.2 Å². The number of imidazole rings is 1. The SMILES string of the molecule is Cc1noc(C2CC2)c1-c1cnc[nH]1. The molecule has 0 amide bonds. The van der Waals surface area contributed by atoms with Gasteiger partial charge in [0.15, 0.2) is 0 Å². The number of nitrogens with zero attached hydrogens (tertiary/aromatic N) is 2. The van der Waals surface area contributed by atoms with E-state index in [0.717, 1.165) is 22.7 Å². The van der Waals surface area contributed by atoms with Crippen LogP contribution in [0.5, 0.6) is 0 Å². The molecule has 0 spiro atoms. The highest BCUT2D eigenvalue weighted by Gasteiger charge is 2.32. The molecule has 0 aliphatic heterocycles. The normalized spacial score (nSPS) is 16.1. The molecule has 1 saturated carbocycles. The topological polar surface area (TPSA) is 54.7 Å². The van der Waals surface area contributed by atoms with Crippen LogP contribution in [-0.2, 0) is 0 Å². The summed E-state index contributed by atoms with van der Waals surface area (Å²) in [7, 11) is 0. The molecule has 0 unspecified atom stereocenters. The number of hydrogen-bond acceptors (Lipinski definition) is 3. The summed E-state index contributed by atoms with van der Waals surface area (Å²) >= 11 is 0. The third kappa shape index (κ3) is 1.07. The smallest absolute Gasteiger partial charge is 0.149 e. The molecular formula is C10H11N3O. The van der Waals surface area contributed by atoms with Crippen molar-refractivity contribution in [3.05, 3.63) is 24.0 Å². The van der Waals surface area contributed by atoms with E-state index in [1.54, 1.807) is 6.33 Å². The van der Waals surface area contributed by atoms with Gasteiger partial charge < -0.3 is 9.51 Å². The predicted octanol–water partition coefficient (Wildman–Crippen LogP) is 2.25. The Bertz CT molecular complexity index is 440. The molecule has 2 aromatic rings. The predicted molar refractivity (Wildman–Crippen MR) is 50.8 cm³/mol. The fraction of sp³-hybridized carbons (Fsp3) is 0.400. The van der Waals surface area contributed by atoms with Gasteiger partial charge in [-0.3, -0.25) is 0 Å². The van der Waals surface area contributed by atoms with Crippen LogP contribution >= 0.6 is 0 Å². The fourth-order valence-electron chi connectivity index (χ4n) is 1.73. The van der Waals surface area contributed by atoms with Crippen LogP contribution in [0.25, 0.3) is 11.3 Å². The third-order valence-corrected chi connectivity index (χ3v) is 2.60. The van der Waals surface area contributed by atoms with Gasteiger partial charge in [0.1, 0.15) is 5.76 Å². The Balaban J connectivity index is 2.14. The van der Waals surface area contributed by atoms with Crippen molar-refractivity contribution in [1.29, 1.82) is 0 Å². The van der Waals surface area contributed by atoms with Crippen LogP contribution in [0.4, 0.5) is 0 Å². The van der Waals surface area contributed by atoms with E-state index in [9.17, 15) is 0 Å². The summed E-state index contributed by atoms with van der Waals surface area (Å²) in [6, 6.07) is 0. The lowest BCUT2D eigenvalue weighted by atomic mass is 10.1. The minimum Gasteiger partial charge on any atom is -0.360 e. The number of hydrogen-bond donors (Lipinski definition) is 1. The van der Waals surface area contributed by atoms with E-state index < -0.39 is 0 Å². The minimum absolute atomic E-state index is 0.578. The number of aryl methyl sites for hydroxylation is 1. The van der Waals surface area contributed by atoms with Gasteiger partial charge in [-0.1, -0.05) is 5.16 Å². The van der Waals surface area contributed by atoms with Gasteiger partial charge in [-0.2, -0.15) is 0 Å². The minimum atomic E-state index is 0.578. The highest BCUT2D eigenvalue weighted by Crippen LogP contribution is 2.44. The maximum absolute atomic E-state index is 5.35. The Labute approximate surface area is 81.3 Å². The van der Waals surface area contributed by atoms with Gasteiger partial charge in [0.05, 0.1) is 29.5 Å². The molecule has 14 heavy (non-hydrogen) atoms. The number of aromatic nitrogens is 3. The van der Waals surface area contributed by atoms with Crippen LogP contribution < -0.4 is 0 Å². The summed E-state index contributed by atoms with van der Waals surface area (Å²) in [5, 5.41) is 4.01. The van der Waals surface area contributed by atoms with E-state index in [0.29, 0.717) is 5.92 Å². The molecule has 4 nitrogen and oxygen atoms in total. The standard InChI is InChI=1S/C10H11N3O/c1-6-9(8-4-11-5-12-8)10(14-13-6)7-2-3-7/h4-5,7H,2-3H2,1H3,(H,11,12). The van der Waals surface area contributed by atoms with E-state index in [2.05, 4.69) is 15.1 Å². The van der Waals surface area contributed by atoms with Gasteiger partial charge in [0, 0.05) is 5.92 Å². The second kappa shape index (κ2) is 2.70. The van der Waals surface area contributed by atoms with Gasteiger partial charge in [-0.15, -0.1) is 0 Å². The lowest BCUT2D eigenvalue weighted by molar-refractivity contribution is 0.381. The largest absolute Gasteiger partial charge is 0.360 e. The summed E-state index contributed by atoms with van der Waals surface area (Å²) in [5.41, 5.74) is 3.05. The summed E-state index contributed by atoms with van der Waals surface area (Å²) in [5.74, 6) is 1.60. The summed E-state index contributed by atoms with van der Waals surface area (Å²) in [4.78, 5) is 7.11. The second-order valence-corrected chi connectivity index (χ2v) is 3.75. The number of aromatic amines is 1.